The van der Waals surface area contributed by atoms with E-state index < -0.39 is 35.9 Å². The number of pyridine rings is 1. The number of alkyl halides is 3. The standard InChI is InChI=1S/C23H21F3N4O3.CHN/c1-23(2,11-27)13-4-5-17-14(9-28-30(17)10-13)12-6-18(32-3)20(19(7-12)33-22(25)26)21(31)29-16-8-15(16)24;1-2/h4-7,9-10,15-16,22H,8H2,1-3H3,(H,29,31);1H. The summed E-state index contributed by atoms with van der Waals surface area (Å²) in [5, 5.41) is 22.7. The maximum Gasteiger partial charge on any atom is 0.387 e. The Morgan fingerprint density at radius 2 is 1.97 bits per heavy atom. The van der Waals surface area contributed by atoms with Gasteiger partial charge in [-0.1, -0.05) is 6.07 Å². The SMILES string of the molecule is C#N.COc1cc(-c2cnn3cc(C(C)(C)C#N)ccc23)cc(OC(F)F)c1C(=O)NC1CC1F. The van der Waals surface area contributed by atoms with Gasteiger partial charge < -0.3 is 14.8 Å². The third-order valence-corrected chi connectivity index (χ3v) is 5.59. The van der Waals surface area contributed by atoms with Crippen LogP contribution in [0.4, 0.5) is 13.2 Å². The molecule has 1 N–H and O–H groups in total. The molecule has 1 saturated carbocycles. The van der Waals surface area contributed by atoms with Gasteiger partial charge in [0.05, 0.1) is 36.3 Å². The van der Waals surface area contributed by atoms with Crippen LogP contribution in [0.1, 0.15) is 36.2 Å². The van der Waals surface area contributed by atoms with Crippen LogP contribution < -0.4 is 14.8 Å². The third-order valence-electron chi connectivity index (χ3n) is 5.59. The lowest BCUT2D eigenvalue weighted by Gasteiger charge is -2.17. The van der Waals surface area contributed by atoms with Crippen LogP contribution in [0.15, 0.2) is 36.7 Å². The molecule has 0 saturated heterocycles. The van der Waals surface area contributed by atoms with E-state index in [0.29, 0.717) is 16.6 Å². The first-order chi connectivity index (χ1) is 16.6. The monoisotopic (exact) mass is 485 g/mol. The lowest BCUT2D eigenvalue weighted by atomic mass is 9.87. The number of carbonyl (C=O) groups is 1. The molecule has 2 atom stereocenters. The lowest BCUT2D eigenvalue weighted by Crippen LogP contribution is -2.28. The van der Waals surface area contributed by atoms with Crippen molar-refractivity contribution in [2.24, 2.45) is 0 Å². The number of halogens is 3. The van der Waals surface area contributed by atoms with E-state index in [1.165, 1.54) is 25.4 Å². The maximum atomic E-state index is 13.2. The zero-order chi connectivity index (χ0) is 25.9. The summed E-state index contributed by atoms with van der Waals surface area (Å²) < 4.78 is 51.1. The minimum absolute atomic E-state index is 0.00158. The lowest BCUT2D eigenvalue weighted by molar-refractivity contribution is -0.0502. The van der Waals surface area contributed by atoms with E-state index in [9.17, 15) is 23.2 Å². The van der Waals surface area contributed by atoms with Crippen molar-refractivity contribution in [1.82, 2.24) is 14.9 Å². The summed E-state index contributed by atoms with van der Waals surface area (Å²) in [5.74, 6) is -1.16. The van der Waals surface area contributed by atoms with E-state index in [0.717, 1.165) is 5.56 Å². The molecule has 1 fully saturated rings. The quantitative estimate of drug-likeness (QED) is 0.531. The van der Waals surface area contributed by atoms with E-state index in [2.05, 4.69) is 27.8 Å². The predicted octanol–water partition coefficient (Wildman–Crippen LogP) is 4.39. The topological polar surface area (TPSA) is 112 Å². The molecule has 1 aromatic carbocycles. The molecule has 11 heteroatoms. The van der Waals surface area contributed by atoms with Crippen LogP contribution in [0, 0.1) is 23.2 Å². The zero-order valence-electron chi connectivity index (χ0n) is 19.1. The van der Waals surface area contributed by atoms with Crippen LogP contribution in [0.3, 0.4) is 0 Å². The summed E-state index contributed by atoms with van der Waals surface area (Å²) in [6.45, 7) is 3.88. The minimum atomic E-state index is -3.19. The largest absolute Gasteiger partial charge is 0.496 e. The summed E-state index contributed by atoms with van der Waals surface area (Å²) >= 11 is 0. The van der Waals surface area contributed by atoms with Crippen molar-refractivity contribution in [1.29, 1.82) is 10.5 Å². The number of nitriles is 2. The molecule has 1 aliphatic carbocycles. The van der Waals surface area contributed by atoms with Crippen LogP contribution >= 0.6 is 0 Å². The summed E-state index contributed by atoms with van der Waals surface area (Å²) in [7, 11) is 1.30. The molecule has 182 valence electrons. The van der Waals surface area contributed by atoms with Crippen LogP contribution in [-0.2, 0) is 5.41 Å². The molecular weight excluding hydrogens is 463 g/mol. The van der Waals surface area contributed by atoms with Crippen molar-refractivity contribution in [2.75, 3.05) is 7.11 Å². The van der Waals surface area contributed by atoms with Crippen LogP contribution in [0.25, 0.3) is 16.6 Å². The van der Waals surface area contributed by atoms with Crippen LogP contribution in [-0.4, -0.2) is 41.5 Å². The highest BCUT2D eigenvalue weighted by Gasteiger charge is 2.40. The van der Waals surface area contributed by atoms with Gasteiger partial charge in [-0.15, -0.1) is 0 Å². The smallest absolute Gasteiger partial charge is 0.387 e. The van der Waals surface area contributed by atoms with E-state index in [-0.39, 0.29) is 17.7 Å². The van der Waals surface area contributed by atoms with Gasteiger partial charge in [0.1, 0.15) is 23.2 Å². The molecule has 8 nitrogen and oxygen atoms in total. The average Bonchev–Trinajstić information content (AvgIpc) is 3.36. The molecule has 3 aromatic rings. The second-order valence-corrected chi connectivity index (χ2v) is 8.30. The van der Waals surface area contributed by atoms with Crippen molar-refractivity contribution in [3.63, 3.8) is 0 Å². The Labute approximate surface area is 199 Å². The molecule has 4 rings (SSSR count). The summed E-state index contributed by atoms with van der Waals surface area (Å²) in [6.07, 6.45) is 2.27. The fraction of sp³-hybridized carbons (Fsp3) is 0.333. The molecule has 0 radical (unpaired) electrons. The number of aromatic nitrogens is 2. The van der Waals surface area contributed by atoms with E-state index in [4.69, 9.17) is 10.00 Å². The summed E-state index contributed by atoms with van der Waals surface area (Å²) in [5.41, 5.74) is 1.44. The number of fused-ring (bicyclic) bond motifs is 1. The fourth-order valence-electron chi connectivity index (χ4n) is 3.51. The van der Waals surface area contributed by atoms with Crippen molar-refractivity contribution in [3.8, 4) is 35.3 Å². The Morgan fingerprint density at radius 1 is 1.31 bits per heavy atom. The molecule has 2 unspecified atom stereocenters. The van der Waals surface area contributed by atoms with Crippen molar-refractivity contribution in [3.05, 3.63) is 47.8 Å². The molecule has 1 aliphatic rings. The Bertz CT molecular complexity index is 1310. The van der Waals surface area contributed by atoms with E-state index in [1.54, 1.807) is 36.7 Å². The van der Waals surface area contributed by atoms with E-state index >= 15 is 0 Å². The second kappa shape index (κ2) is 9.94. The Morgan fingerprint density at radius 3 is 2.54 bits per heavy atom. The summed E-state index contributed by atoms with van der Waals surface area (Å²) in [6, 6.07) is 7.95. The maximum absolute atomic E-state index is 13.2. The Kier molecular flexibility index (Phi) is 7.20. The number of nitrogens with zero attached hydrogens (tertiary/aromatic N) is 4. The molecule has 35 heavy (non-hydrogen) atoms. The average molecular weight is 485 g/mol. The van der Waals surface area contributed by atoms with Gasteiger partial charge in [0.25, 0.3) is 5.91 Å². The third kappa shape index (κ3) is 5.14. The van der Waals surface area contributed by atoms with Crippen LogP contribution in [0.2, 0.25) is 0 Å². The molecule has 0 aliphatic heterocycles. The van der Waals surface area contributed by atoms with Gasteiger partial charge in [0, 0.05) is 24.8 Å². The van der Waals surface area contributed by atoms with Gasteiger partial charge in [-0.2, -0.15) is 19.1 Å². The fourth-order valence-corrected chi connectivity index (χ4v) is 3.51. The van der Waals surface area contributed by atoms with Crippen molar-refractivity contribution in [2.45, 2.75) is 44.5 Å². The van der Waals surface area contributed by atoms with Gasteiger partial charge >= 0.3 is 6.61 Å². The normalized spacial score (nSPS) is 16.7. The molecule has 2 aromatic heterocycles. The number of methoxy groups -OCH3 is 1. The predicted molar refractivity (Wildman–Crippen MR) is 120 cm³/mol. The number of hydrogen-bond donors (Lipinski definition) is 1. The number of carbonyl (C=O) groups excluding carboxylic acids is 1. The molecule has 0 bridgehead atoms. The first kappa shape index (κ1) is 25.4. The van der Waals surface area contributed by atoms with Crippen molar-refractivity contribution < 1.29 is 27.4 Å². The minimum Gasteiger partial charge on any atom is -0.496 e. The van der Waals surface area contributed by atoms with Gasteiger partial charge in [0.15, 0.2) is 0 Å². The highest BCUT2D eigenvalue weighted by molar-refractivity contribution is 6.01. The number of nitrogens with one attached hydrogen (secondary N) is 1. The molecule has 2 heterocycles. The van der Waals surface area contributed by atoms with Gasteiger partial charge in [-0.3, -0.25) is 4.79 Å². The molecule has 0 spiro atoms. The highest BCUT2D eigenvalue weighted by Crippen LogP contribution is 2.38. The zero-order valence-corrected chi connectivity index (χ0v) is 19.1. The molecular formula is C24H22F3N5O3. The Balaban J connectivity index is 0.00000167. The van der Waals surface area contributed by atoms with Gasteiger partial charge in [-0.05, 0) is 43.2 Å². The van der Waals surface area contributed by atoms with Gasteiger partial charge in [0.2, 0.25) is 0 Å². The number of hydrogen-bond acceptors (Lipinski definition) is 6. The number of benzene rings is 1. The van der Waals surface area contributed by atoms with Crippen molar-refractivity contribution >= 4 is 11.4 Å². The summed E-state index contributed by atoms with van der Waals surface area (Å²) in [4.78, 5) is 12.7. The Hall–Kier alpha value is -4.25. The van der Waals surface area contributed by atoms with Gasteiger partial charge in [-0.25, -0.2) is 14.2 Å². The first-order valence-electron chi connectivity index (χ1n) is 10.4. The van der Waals surface area contributed by atoms with E-state index in [1.807, 2.05) is 0 Å². The number of amides is 1. The number of rotatable bonds is 7. The first-order valence-corrected chi connectivity index (χ1v) is 10.4. The number of ether oxygens (including phenoxy) is 2. The van der Waals surface area contributed by atoms with Crippen LogP contribution in [0.5, 0.6) is 11.5 Å². The second-order valence-electron chi connectivity index (χ2n) is 8.30. The molecule has 1 amide bonds. The highest BCUT2D eigenvalue weighted by atomic mass is 19.3.